The van der Waals surface area contributed by atoms with Crippen molar-refractivity contribution in [1.29, 1.82) is 0 Å². The Balaban J connectivity index is 1.45. The monoisotopic (exact) mass is 362 g/mol. The van der Waals surface area contributed by atoms with Crippen molar-refractivity contribution in [2.75, 3.05) is 26.7 Å². The Labute approximate surface area is 152 Å². The number of halogens is 1. The van der Waals surface area contributed by atoms with Gasteiger partial charge in [-0.15, -0.1) is 0 Å². The molecule has 1 fully saturated rings. The molecule has 1 aliphatic rings. The molecule has 1 N–H and O–H groups in total. The van der Waals surface area contributed by atoms with Crippen molar-refractivity contribution in [2.24, 2.45) is 5.92 Å². The van der Waals surface area contributed by atoms with E-state index in [0.29, 0.717) is 41.9 Å². The number of benzene rings is 1. The van der Waals surface area contributed by atoms with Crippen LogP contribution in [0.15, 0.2) is 28.8 Å². The number of nitrogens with zero attached hydrogens (tertiary/aromatic N) is 3. The molecule has 6 nitrogen and oxygen atoms in total. The van der Waals surface area contributed by atoms with Gasteiger partial charge in [0.1, 0.15) is 0 Å². The number of nitrogens with one attached hydrogen (secondary N) is 1. The molecule has 1 aromatic carbocycles. The molecule has 1 atom stereocenters. The van der Waals surface area contributed by atoms with E-state index in [-0.39, 0.29) is 5.91 Å². The maximum atomic E-state index is 12.3. The zero-order chi connectivity index (χ0) is 17.6. The minimum atomic E-state index is 0.219. The second-order valence-electron chi connectivity index (χ2n) is 6.42. The lowest BCUT2D eigenvalue weighted by Crippen LogP contribution is -2.30. The van der Waals surface area contributed by atoms with Crippen LogP contribution >= 0.6 is 11.6 Å². The van der Waals surface area contributed by atoms with Gasteiger partial charge in [-0.3, -0.25) is 4.79 Å². The van der Waals surface area contributed by atoms with Gasteiger partial charge in [0.25, 0.3) is 0 Å². The summed E-state index contributed by atoms with van der Waals surface area (Å²) >= 11 is 5.88. The number of rotatable bonds is 7. The zero-order valence-corrected chi connectivity index (χ0v) is 15.1. The highest BCUT2D eigenvalue weighted by Crippen LogP contribution is 2.20. The van der Waals surface area contributed by atoms with Gasteiger partial charge in [-0.2, -0.15) is 4.98 Å². The number of carbonyl (C=O) groups excluding carboxylic acids is 1. The van der Waals surface area contributed by atoms with Crippen molar-refractivity contribution in [3.05, 3.63) is 35.2 Å². The van der Waals surface area contributed by atoms with Gasteiger partial charge in [-0.05, 0) is 56.6 Å². The highest BCUT2D eigenvalue weighted by molar-refractivity contribution is 6.30. The Morgan fingerprint density at radius 1 is 1.40 bits per heavy atom. The molecule has 0 radical (unpaired) electrons. The molecule has 25 heavy (non-hydrogen) atoms. The molecule has 0 aliphatic carbocycles. The van der Waals surface area contributed by atoms with Crippen LogP contribution in [-0.2, 0) is 11.2 Å². The first-order chi connectivity index (χ1) is 12.2. The van der Waals surface area contributed by atoms with Crippen LogP contribution in [0.5, 0.6) is 0 Å². The maximum Gasteiger partial charge on any atom is 0.226 e. The number of hydrogen-bond donors (Lipinski definition) is 1. The predicted octanol–water partition coefficient (Wildman–Crippen LogP) is 2.78. The number of carbonyl (C=O) groups is 1. The molecular weight excluding hydrogens is 340 g/mol. The minimum Gasteiger partial charge on any atom is -0.342 e. The molecule has 1 amide bonds. The van der Waals surface area contributed by atoms with E-state index >= 15 is 0 Å². The van der Waals surface area contributed by atoms with Crippen LogP contribution < -0.4 is 5.32 Å². The molecule has 7 heteroatoms. The molecule has 0 bridgehead atoms. The Kier molecular flexibility index (Phi) is 6.04. The summed E-state index contributed by atoms with van der Waals surface area (Å²) in [5.41, 5.74) is 0.864. The minimum absolute atomic E-state index is 0.219. The lowest BCUT2D eigenvalue weighted by Gasteiger charge is -2.16. The van der Waals surface area contributed by atoms with Gasteiger partial charge >= 0.3 is 0 Å². The van der Waals surface area contributed by atoms with Crippen LogP contribution in [-0.4, -0.2) is 47.6 Å². The molecule has 1 saturated heterocycles. The van der Waals surface area contributed by atoms with E-state index in [1.807, 2.05) is 24.1 Å². The van der Waals surface area contributed by atoms with Gasteiger partial charge in [0.05, 0.1) is 0 Å². The number of aryl methyl sites for hydroxylation is 1. The molecule has 2 aromatic rings. The van der Waals surface area contributed by atoms with E-state index in [4.69, 9.17) is 16.1 Å². The fourth-order valence-electron chi connectivity index (χ4n) is 3.14. The predicted molar refractivity (Wildman–Crippen MR) is 96.3 cm³/mol. The van der Waals surface area contributed by atoms with E-state index in [9.17, 15) is 4.79 Å². The summed E-state index contributed by atoms with van der Waals surface area (Å²) in [6.07, 6.45) is 2.93. The molecule has 3 rings (SSSR count). The van der Waals surface area contributed by atoms with Crippen LogP contribution in [0, 0.1) is 5.92 Å². The lowest BCUT2D eigenvalue weighted by molar-refractivity contribution is -0.130. The normalized spacial score (nSPS) is 17.2. The summed E-state index contributed by atoms with van der Waals surface area (Å²) in [5, 5.41) is 7.84. The van der Waals surface area contributed by atoms with Crippen LogP contribution in [0.3, 0.4) is 0 Å². The first-order valence-corrected chi connectivity index (χ1v) is 9.04. The number of aromatic nitrogens is 2. The third-order valence-electron chi connectivity index (χ3n) is 4.48. The quantitative estimate of drug-likeness (QED) is 0.820. The van der Waals surface area contributed by atoms with E-state index in [0.717, 1.165) is 31.6 Å². The van der Waals surface area contributed by atoms with E-state index in [1.165, 1.54) is 0 Å². The molecule has 1 unspecified atom stereocenters. The van der Waals surface area contributed by atoms with E-state index < -0.39 is 0 Å². The average molecular weight is 363 g/mol. The Hall–Kier alpha value is -1.92. The molecular formula is C18H23ClN4O2. The van der Waals surface area contributed by atoms with Crippen molar-refractivity contribution in [1.82, 2.24) is 20.4 Å². The van der Waals surface area contributed by atoms with Gasteiger partial charge < -0.3 is 14.7 Å². The van der Waals surface area contributed by atoms with Gasteiger partial charge in [-0.1, -0.05) is 16.8 Å². The molecule has 1 aliphatic heterocycles. The fraction of sp³-hybridized carbons (Fsp3) is 0.500. The summed E-state index contributed by atoms with van der Waals surface area (Å²) in [4.78, 5) is 18.6. The van der Waals surface area contributed by atoms with Crippen LogP contribution in [0.4, 0.5) is 0 Å². The molecule has 0 spiro atoms. The summed E-state index contributed by atoms with van der Waals surface area (Å²) in [6, 6.07) is 7.30. The summed E-state index contributed by atoms with van der Waals surface area (Å²) in [7, 11) is 1.95. The van der Waals surface area contributed by atoms with E-state index in [2.05, 4.69) is 15.5 Å². The Bertz CT molecular complexity index is 701. The number of hydrogen-bond acceptors (Lipinski definition) is 5. The highest BCUT2D eigenvalue weighted by Gasteiger charge is 2.25. The molecule has 0 saturated carbocycles. The molecule has 2 heterocycles. The Morgan fingerprint density at radius 3 is 2.96 bits per heavy atom. The summed E-state index contributed by atoms with van der Waals surface area (Å²) in [6.45, 7) is 2.70. The molecule has 134 valence electrons. The zero-order valence-electron chi connectivity index (χ0n) is 14.4. The SMILES string of the molecule is CNCC1CCN(C(=O)CCCc2nc(-c3ccc(Cl)cc3)no2)C1. The van der Waals surface area contributed by atoms with Gasteiger partial charge in [0, 0.05) is 36.5 Å². The lowest BCUT2D eigenvalue weighted by atomic mass is 10.1. The van der Waals surface area contributed by atoms with Crippen molar-refractivity contribution in [3.8, 4) is 11.4 Å². The number of likely N-dealkylation sites (tertiary alicyclic amines) is 1. The second-order valence-corrected chi connectivity index (χ2v) is 6.86. The third kappa shape index (κ3) is 4.80. The van der Waals surface area contributed by atoms with Crippen molar-refractivity contribution < 1.29 is 9.32 Å². The highest BCUT2D eigenvalue weighted by atomic mass is 35.5. The first kappa shape index (κ1) is 17.9. The van der Waals surface area contributed by atoms with E-state index in [1.54, 1.807) is 12.1 Å². The smallest absolute Gasteiger partial charge is 0.226 e. The largest absolute Gasteiger partial charge is 0.342 e. The number of amides is 1. The van der Waals surface area contributed by atoms with Crippen molar-refractivity contribution >= 4 is 17.5 Å². The maximum absolute atomic E-state index is 12.3. The van der Waals surface area contributed by atoms with Gasteiger partial charge in [0.2, 0.25) is 17.6 Å². The van der Waals surface area contributed by atoms with Crippen LogP contribution in [0.25, 0.3) is 11.4 Å². The third-order valence-corrected chi connectivity index (χ3v) is 4.74. The van der Waals surface area contributed by atoms with Crippen molar-refractivity contribution in [2.45, 2.75) is 25.7 Å². The van der Waals surface area contributed by atoms with Gasteiger partial charge in [-0.25, -0.2) is 0 Å². The topological polar surface area (TPSA) is 71.3 Å². The Morgan fingerprint density at radius 2 is 2.20 bits per heavy atom. The summed E-state index contributed by atoms with van der Waals surface area (Å²) in [5.74, 6) is 1.91. The first-order valence-electron chi connectivity index (χ1n) is 8.66. The van der Waals surface area contributed by atoms with Crippen LogP contribution in [0.1, 0.15) is 25.2 Å². The second kappa shape index (κ2) is 8.45. The van der Waals surface area contributed by atoms with Crippen molar-refractivity contribution in [3.63, 3.8) is 0 Å². The molecule has 1 aromatic heterocycles. The average Bonchev–Trinajstić information content (AvgIpc) is 3.26. The standard InChI is InChI=1S/C18H23ClN4O2/c1-20-11-13-9-10-23(12-13)17(24)4-2-3-16-21-18(22-25-16)14-5-7-15(19)8-6-14/h5-8,13,20H,2-4,9-12H2,1H3. The fourth-order valence-corrected chi connectivity index (χ4v) is 3.26. The van der Waals surface area contributed by atoms with Gasteiger partial charge in [0.15, 0.2) is 0 Å². The van der Waals surface area contributed by atoms with Crippen LogP contribution in [0.2, 0.25) is 5.02 Å². The summed E-state index contributed by atoms with van der Waals surface area (Å²) < 4.78 is 5.28.